The van der Waals surface area contributed by atoms with Crippen molar-refractivity contribution in [2.75, 3.05) is 27.1 Å². The zero-order valence-electron chi connectivity index (χ0n) is 24.1. The molecule has 3 rings (SSSR count). The van der Waals surface area contributed by atoms with Gasteiger partial charge in [0.25, 0.3) is 0 Å². The molecule has 1 fully saturated rings. The average molecular weight is 300 g/mol. The first-order valence-electron chi connectivity index (χ1n) is 12.5. The van der Waals surface area contributed by atoms with Crippen LogP contribution in [0.15, 0.2) is 24.4 Å². The van der Waals surface area contributed by atoms with Crippen molar-refractivity contribution in [1.82, 2.24) is 15.2 Å². The highest BCUT2D eigenvalue weighted by Gasteiger charge is 2.22. The number of likely N-dealkylation sites (N-methyl/N-ethyl adjacent to an activating group) is 1. The number of nitrogens with one attached hydrogen (secondary N) is 2. The molecule has 5 nitrogen and oxygen atoms in total. The minimum absolute atomic E-state index is 0.00451. The number of rotatable bonds is 5. The van der Waals surface area contributed by atoms with E-state index in [2.05, 4.69) is 4.74 Å². The van der Waals surface area contributed by atoms with E-state index < -0.39 is 56.7 Å². The van der Waals surface area contributed by atoms with Gasteiger partial charge in [-0.05, 0) is 50.1 Å². The smallest absolute Gasteiger partial charge is 0.407 e. The molecule has 1 aliphatic rings. The van der Waals surface area contributed by atoms with Gasteiger partial charge in [-0.1, -0.05) is 6.07 Å². The third-order valence-electron chi connectivity index (χ3n) is 2.83. The van der Waals surface area contributed by atoms with Crippen molar-refractivity contribution in [3.05, 3.63) is 35.5 Å². The molecule has 2 N–H and O–H groups in total. The number of aryl methyl sites for hydroxylation is 1. The molecule has 0 bridgehead atoms. The summed E-state index contributed by atoms with van der Waals surface area (Å²) < 4.78 is 108. The number of alkyl carbamates (subject to hydrolysis) is 1. The zero-order valence-corrected chi connectivity index (χ0v) is 11.1. The minimum Gasteiger partial charge on any atom is -0.447 e. The van der Waals surface area contributed by atoms with Gasteiger partial charge in [-0.3, -0.25) is 0 Å². The summed E-state index contributed by atoms with van der Waals surface area (Å²) in [5.74, 6) is 0. The van der Waals surface area contributed by atoms with Gasteiger partial charge in [0.2, 0.25) is 0 Å². The summed E-state index contributed by atoms with van der Waals surface area (Å²) in [4.78, 5) is 12.9. The number of benzene rings is 1. The number of fused-ring (bicyclic) bond motifs is 1. The number of H-pyrrole nitrogens is 1. The first-order chi connectivity index (χ1) is 15.2. The fourth-order valence-electron chi connectivity index (χ4n) is 1.89. The van der Waals surface area contributed by atoms with Crippen LogP contribution in [0.2, 0.25) is 2.82 Å². The summed E-state index contributed by atoms with van der Waals surface area (Å²) in [6.45, 7) is -8.51. The maximum Gasteiger partial charge on any atom is 0.407 e. The molecule has 1 amide bonds. The van der Waals surface area contributed by atoms with E-state index in [1.54, 1.807) is 0 Å². The van der Waals surface area contributed by atoms with Gasteiger partial charge in [-0.15, -0.1) is 0 Å². The van der Waals surface area contributed by atoms with E-state index in [0.717, 1.165) is 19.2 Å². The Labute approximate surface area is 142 Å². The molecule has 1 aromatic heterocycles. The lowest BCUT2D eigenvalue weighted by molar-refractivity contribution is 0.177. The molecule has 0 radical (unpaired) electrons. The van der Waals surface area contributed by atoms with Crippen molar-refractivity contribution in [3.63, 3.8) is 0 Å². The standard InChI is InChI=1S/C16H21N3O2/c1-19(2)6-5-12-9-17-15-4-3-11(8-14(12)15)7-13-10-21-16(20)18-13/h3-4,8-9,13,17H,5-7,10H2,1-2H3,(H,18,20)/t13-/m0/s1/i1D3,6D2,7D2,9D,10D2,13D/hD2. The second-order valence-electron chi connectivity index (χ2n) is 4.38. The van der Waals surface area contributed by atoms with Crippen molar-refractivity contribution < 1.29 is 27.4 Å². The number of carbonyl (C=O) groups is 1. The van der Waals surface area contributed by atoms with Crippen LogP contribution in [0.5, 0.6) is 0 Å². The maximum absolute atomic E-state index is 11.7. The number of aromatic amines is 1. The van der Waals surface area contributed by atoms with E-state index >= 15 is 0 Å². The lowest BCUT2D eigenvalue weighted by Crippen LogP contribution is -2.28. The number of ether oxygens (including phenoxy) is 1. The van der Waals surface area contributed by atoms with Gasteiger partial charge in [0.1, 0.15) is 6.56 Å². The molecule has 0 spiro atoms. The van der Waals surface area contributed by atoms with Crippen LogP contribution in [-0.4, -0.2) is 49.1 Å². The highest BCUT2D eigenvalue weighted by Crippen LogP contribution is 2.21. The number of aromatic nitrogens is 1. The van der Waals surface area contributed by atoms with Crippen LogP contribution in [0, 0.1) is 0 Å². The van der Waals surface area contributed by atoms with E-state index in [-0.39, 0.29) is 21.8 Å². The molecule has 2 heterocycles. The Balaban J connectivity index is 2.18. The molecule has 1 aliphatic heterocycles. The molecule has 1 aromatic carbocycles. The lowest BCUT2D eigenvalue weighted by atomic mass is 10.0. The van der Waals surface area contributed by atoms with Crippen LogP contribution in [0.3, 0.4) is 0 Å². The molecule has 1 saturated heterocycles. The van der Waals surface area contributed by atoms with Crippen LogP contribution < -0.4 is 5.31 Å². The molecule has 21 heavy (non-hydrogen) atoms. The van der Waals surface area contributed by atoms with Gasteiger partial charge in [-0.2, -0.15) is 0 Å². The van der Waals surface area contributed by atoms with E-state index in [1.165, 1.54) is 6.07 Å². The number of cyclic esters (lactones) is 1. The number of nitrogens with zero attached hydrogens (tertiary/aromatic N) is 1. The normalized spacial score (nSPS) is 35.6. The van der Waals surface area contributed by atoms with Gasteiger partial charge in [-0.25, -0.2) is 4.79 Å². The second kappa shape index (κ2) is 5.77. The summed E-state index contributed by atoms with van der Waals surface area (Å²) >= 11 is 0. The average Bonchev–Trinajstić information content (AvgIpc) is 3.03. The van der Waals surface area contributed by atoms with Crippen molar-refractivity contribution in [3.8, 4) is 0 Å². The summed E-state index contributed by atoms with van der Waals surface area (Å²) in [6.07, 6.45) is -5.74. The monoisotopic (exact) mass is 300 g/mol. The molecule has 112 valence electrons. The number of hydrogen-bond acceptors (Lipinski definition) is 3. The van der Waals surface area contributed by atoms with Gasteiger partial charge < -0.3 is 19.9 Å². The Bertz CT molecular complexity index is 1150. The van der Waals surface area contributed by atoms with Crippen molar-refractivity contribution in [1.29, 1.82) is 0 Å². The minimum atomic E-state index is -3.21. The molecular formula is C16H21N3O2. The fourth-order valence-corrected chi connectivity index (χ4v) is 1.89. The van der Waals surface area contributed by atoms with Gasteiger partial charge >= 0.3 is 6.09 Å². The summed E-state index contributed by atoms with van der Waals surface area (Å²) in [7, 11) is 1.03. The quantitative estimate of drug-likeness (QED) is 0.887. The Kier molecular flexibility index (Phi) is 1.46. The molecule has 1 atom stereocenters. The highest BCUT2D eigenvalue weighted by molar-refractivity contribution is 5.84. The fraction of sp³-hybridized carbons (Fsp3) is 0.438. The predicted molar refractivity (Wildman–Crippen MR) is 82.5 cm³/mol. The Morgan fingerprint density at radius 3 is 3.43 bits per heavy atom. The SMILES string of the molecule is [2H]c1c(CC([2H])([2H])N(C)C([2H])([2H])[2H])c2cc(C([2H])([2H])[C@]3([2H])N([2H])C(=O)OC3([2H])[2H])ccc2n1[2H]. The molecule has 2 aromatic rings. The summed E-state index contributed by atoms with van der Waals surface area (Å²) in [5.41, 5.74) is -0.464. The molecule has 5 heteroatoms. The Morgan fingerprint density at radius 1 is 1.76 bits per heavy atom. The maximum atomic E-state index is 11.7. The summed E-state index contributed by atoms with van der Waals surface area (Å²) in [5, 5.41) is -0.247. The van der Waals surface area contributed by atoms with Crippen LogP contribution in [0.25, 0.3) is 10.9 Å². The van der Waals surface area contributed by atoms with E-state index in [0.29, 0.717) is 9.88 Å². The second-order valence-corrected chi connectivity index (χ2v) is 4.38. The molecular weight excluding hydrogens is 266 g/mol. The van der Waals surface area contributed by atoms with Crippen molar-refractivity contribution in [2.24, 2.45) is 0 Å². The highest BCUT2D eigenvalue weighted by atomic mass is 16.6. The van der Waals surface area contributed by atoms with Crippen molar-refractivity contribution in [2.45, 2.75) is 18.8 Å². The molecule has 0 aliphatic carbocycles. The molecule has 0 unspecified atom stereocenters. The third-order valence-corrected chi connectivity index (χ3v) is 2.83. The lowest BCUT2D eigenvalue weighted by Gasteiger charge is -2.09. The van der Waals surface area contributed by atoms with Gasteiger partial charge in [0, 0.05) is 33.2 Å². The van der Waals surface area contributed by atoms with E-state index in [9.17, 15) is 4.79 Å². The van der Waals surface area contributed by atoms with Crippen molar-refractivity contribution >= 4 is 17.0 Å². The largest absolute Gasteiger partial charge is 0.447 e. The van der Waals surface area contributed by atoms with E-state index in [4.69, 9.17) is 17.9 Å². The number of amides is 1. The number of hydrogen-bond donors (Lipinski definition) is 2. The van der Waals surface area contributed by atoms with Crippen LogP contribution in [-0.2, 0) is 17.5 Å². The summed E-state index contributed by atoms with van der Waals surface area (Å²) in [6, 6.07) is 0.199. The van der Waals surface area contributed by atoms with Gasteiger partial charge in [0.15, 0.2) is 2.82 Å². The molecule has 0 saturated carbocycles. The first kappa shape index (κ1) is 5.32. The van der Waals surface area contributed by atoms with Gasteiger partial charge in [0.05, 0.1) is 11.5 Å². The predicted octanol–water partition coefficient (Wildman–Crippen LogP) is 1.92. The number of carbonyl (C=O) groups excluding carboxylic acids is 1. The first-order valence-corrected chi connectivity index (χ1v) is 6.10. The van der Waals surface area contributed by atoms with Crippen LogP contribution >= 0.6 is 0 Å². The van der Waals surface area contributed by atoms with Crippen LogP contribution in [0.1, 0.15) is 26.2 Å². The Hall–Kier alpha value is -2.01. The zero-order chi connectivity index (χ0) is 26.2. The Morgan fingerprint density at radius 2 is 2.67 bits per heavy atom. The topological polar surface area (TPSA) is 57.4 Å². The van der Waals surface area contributed by atoms with Crippen LogP contribution in [0.4, 0.5) is 4.79 Å². The third kappa shape index (κ3) is 3.19. The van der Waals surface area contributed by atoms with E-state index in [1.807, 2.05) is 0 Å².